The molecule has 4 atom stereocenters. The number of nitro groups is 1. The summed E-state index contributed by atoms with van der Waals surface area (Å²) in [4.78, 5) is 54.6. The SMILES string of the molecule is O=C1[C@H]2[C@H]3CCCN3[C@@]3(C(=O)Nc4c(Cl)cccc43)[C@@H]2C(=O)N1c1cccc([N+](=O)[O-])c1. The van der Waals surface area contributed by atoms with Crippen LogP contribution in [0.3, 0.4) is 0 Å². The zero-order valence-corrected chi connectivity index (χ0v) is 17.4. The van der Waals surface area contributed by atoms with E-state index in [4.69, 9.17) is 11.6 Å². The van der Waals surface area contributed by atoms with Crippen molar-refractivity contribution in [2.24, 2.45) is 11.8 Å². The van der Waals surface area contributed by atoms with Gasteiger partial charge in [-0.1, -0.05) is 29.8 Å². The van der Waals surface area contributed by atoms with Crippen molar-refractivity contribution in [3.05, 3.63) is 63.2 Å². The van der Waals surface area contributed by atoms with Crippen LogP contribution in [0.15, 0.2) is 42.5 Å². The van der Waals surface area contributed by atoms with Gasteiger partial charge in [0, 0.05) is 23.7 Å². The molecule has 9 nitrogen and oxygen atoms in total. The Morgan fingerprint density at radius 1 is 1.12 bits per heavy atom. The topological polar surface area (TPSA) is 113 Å². The summed E-state index contributed by atoms with van der Waals surface area (Å²) in [5.41, 5.74) is -0.314. The molecule has 2 aromatic carbocycles. The Morgan fingerprint density at radius 3 is 2.69 bits per heavy atom. The maximum Gasteiger partial charge on any atom is 0.271 e. The standard InChI is InChI=1S/C22H17ClN4O5/c23-14-7-2-6-13-18(14)24-21(30)22(13)17-16(15-8-3-9-25(15)22)19(28)26(20(17)29)11-4-1-5-12(10-11)27(31)32/h1-2,4-7,10,15-17H,3,8-9H2,(H,24,30)/t15-,16+,17+,22-/m1/s1. The highest BCUT2D eigenvalue weighted by atomic mass is 35.5. The van der Waals surface area contributed by atoms with Crippen molar-refractivity contribution in [3.63, 3.8) is 0 Å². The number of imide groups is 1. The van der Waals surface area contributed by atoms with Gasteiger partial charge in [0.25, 0.3) is 11.6 Å². The van der Waals surface area contributed by atoms with Gasteiger partial charge in [-0.3, -0.25) is 29.4 Å². The van der Waals surface area contributed by atoms with E-state index in [2.05, 4.69) is 5.32 Å². The van der Waals surface area contributed by atoms with Gasteiger partial charge in [0.05, 0.1) is 33.2 Å². The molecule has 1 spiro atoms. The zero-order chi connectivity index (χ0) is 22.4. The Hall–Kier alpha value is -3.30. The number of amides is 3. The summed E-state index contributed by atoms with van der Waals surface area (Å²) >= 11 is 6.36. The molecule has 3 amide bonds. The molecule has 32 heavy (non-hydrogen) atoms. The minimum atomic E-state index is -1.33. The molecule has 4 aliphatic heterocycles. The lowest BCUT2D eigenvalue weighted by molar-refractivity contribution is -0.384. The van der Waals surface area contributed by atoms with Crippen molar-refractivity contribution in [3.8, 4) is 0 Å². The number of carbonyl (C=O) groups excluding carboxylic acids is 3. The lowest BCUT2D eigenvalue weighted by Crippen LogP contribution is -2.54. The first-order valence-electron chi connectivity index (χ1n) is 10.4. The summed E-state index contributed by atoms with van der Waals surface area (Å²) in [7, 11) is 0. The van der Waals surface area contributed by atoms with Gasteiger partial charge >= 0.3 is 0 Å². The molecule has 4 heterocycles. The fourth-order valence-electron chi connectivity index (χ4n) is 6.19. The monoisotopic (exact) mass is 452 g/mol. The van der Waals surface area contributed by atoms with Gasteiger partial charge < -0.3 is 5.32 Å². The molecular formula is C22H17ClN4O5. The molecule has 0 radical (unpaired) electrons. The molecule has 10 heteroatoms. The van der Waals surface area contributed by atoms with Gasteiger partial charge in [-0.25, -0.2) is 4.90 Å². The Bertz CT molecular complexity index is 1250. The molecule has 0 bridgehead atoms. The van der Waals surface area contributed by atoms with Crippen LogP contribution in [-0.2, 0) is 19.9 Å². The van der Waals surface area contributed by atoms with E-state index >= 15 is 0 Å². The van der Waals surface area contributed by atoms with E-state index in [1.807, 2.05) is 4.90 Å². The van der Waals surface area contributed by atoms with Crippen LogP contribution in [0.5, 0.6) is 0 Å². The predicted octanol–water partition coefficient (Wildman–Crippen LogP) is 2.68. The molecule has 3 saturated heterocycles. The fraction of sp³-hybridized carbons (Fsp3) is 0.318. The summed E-state index contributed by atoms with van der Waals surface area (Å²) in [5.74, 6) is -2.93. The summed E-state index contributed by atoms with van der Waals surface area (Å²) in [6.07, 6.45) is 1.49. The van der Waals surface area contributed by atoms with Crippen molar-refractivity contribution in [2.75, 3.05) is 16.8 Å². The number of hydrogen-bond acceptors (Lipinski definition) is 6. The number of anilines is 2. The number of carbonyl (C=O) groups is 3. The molecule has 3 fully saturated rings. The molecule has 0 aliphatic carbocycles. The maximum atomic E-state index is 13.8. The van der Waals surface area contributed by atoms with Gasteiger partial charge in [0.1, 0.15) is 5.54 Å². The number of nitrogens with one attached hydrogen (secondary N) is 1. The van der Waals surface area contributed by atoms with Crippen molar-refractivity contribution < 1.29 is 19.3 Å². The van der Waals surface area contributed by atoms with Gasteiger partial charge in [-0.15, -0.1) is 0 Å². The average molecular weight is 453 g/mol. The summed E-state index contributed by atoms with van der Waals surface area (Å²) in [5, 5.41) is 14.5. The third-order valence-electron chi connectivity index (χ3n) is 7.28. The first-order valence-corrected chi connectivity index (χ1v) is 10.7. The number of benzene rings is 2. The van der Waals surface area contributed by atoms with Crippen LogP contribution in [0.25, 0.3) is 0 Å². The van der Waals surface area contributed by atoms with Gasteiger partial charge in [0.2, 0.25) is 11.8 Å². The van der Waals surface area contributed by atoms with E-state index in [-0.39, 0.29) is 23.3 Å². The van der Waals surface area contributed by atoms with E-state index < -0.39 is 34.1 Å². The summed E-state index contributed by atoms with van der Waals surface area (Å²) < 4.78 is 0. The van der Waals surface area contributed by atoms with Crippen molar-refractivity contribution in [1.29, 1.82) is 0 Å². The maximum absolute atomic E-state index is 13.8. The number of nitro benzene ring substituents is 1. The van der Waals surface area contributed by atoms with Crippen molar-refractivity contribution >= 4 is 46.4 Å². The molecular weight excluding hydrogens is 436 g/mol. The molecule has 4 aliphatic rings. The van der Waals surface area contributed by atoms with Crippen LogP contribution in [0, 0.1) is 22.0 Å². The molecule has 162 valence electrons. The van der Waals surface area contributed by atoms with E-state index in [1.54, 1.807) is 18.2 Å². The average Bonchev–Trinajstić information content (AvgIpc) is 3.47. The van der Waals surface area contributed by atoms with Crippen LogP contribution < -0.4 is 10.2 Å². The smallest absolute Gasteiger partial charge is 0.271 e. The molecule has 0 unspecified atom stereocenters. The second-order valence-corrected chi connectivity index (χ2v) is 8.99. The predicted molar refractivity (Wildman–Crippen MR) is 114 cm³/mol. The minimum Gasteiger partial charge on any atom is -0.323 e. The van der Waals surface area contributed by atoms with Crippen molar-refractivity contribution in [1.82, 2.24) is 4.90 Å². The number of hydrogen-bond donors (Lipinski definition) is 1. The Kier molecular flexibility index (Phi) is 3.86. The first kappa shape index (κ1) is 19.4. The zero-order valence-electron chi connectivity index (χ0n) is 16.7. The van der Waals surface area contributed by atoms with Gasteiger partial charge in [0.15, 0.2) is 0 Å². The van der Waals surface area contributed by atoms with E-state index in [0.717, 1.165) is 11.3 Å². The van der Waals surface area contributed by atoms with Crippen LogP contribution in [0.1, 0.15) is 18.4 Å². The van der Waals surface area contributed by atoms with Crippen molar-refractivity contribution in [2.45, 2.75) is 24.4 Å². The van der Waals surface area contributed by atoms with E-state index in [0.29, 0.717) is 29.2 Å². The molecule has 1 N–H and O–H groups in total. The molecule has 0 aromatic heterocycles. The van der Waals surface area contributed by atoms with E-state index in [1.165, 1.54) is 24.3 Å². The quantitative estimate of drug-likeness (QED) is 0.426. The largest absolute Gasteiger partial charge is 0.323 e. The molecule has 2 aromatic rings. The molecule has 6 rings (SSSR count). The molecule has 0 saturated carbocycles. The number of nitrogens with zero attached hydrogens (tertiary/aromatic N) is 3. The second-order valence-electron chi connectivity index (χ2n) is 8.58. The first-order chi connectivity index (χ1) is 15.4. The fourth-order valence-corrected chi connectivity index (χ4v) is 6.42. The number of halogens is 1. The minimum absolute atomic E-state index is 0.146. The normalized spacial score (nSPS) is 30.6. The van der Waals surface area contributed by atoms with Crippen LogP contribution in [0.2, 0.25) is 5.02 Å². The highest BCUT2D eigenvalue weighted by Crippen LogP contribution is 2.61. The number of non-ortho nitro benzene ring substituents is 1. The lowest BCUT2D eigenvalue weighted by Gasteiger charge is -2.36. The van der Waals surface area contributed by atoms with E-state index in [9.17, 15) is 24.5 Å². The van der Waals surface area contributed by atoms with Gasteiger partial charge in [-0.05, 0) is 31.5 Å². The highest BCUT2D eigenvalue weighted by Gasteiger charge is 2.74. The second kappa shape index (κ2) is 6.36. The lowest BCUT2D eigenvalue weighted by atomic mass is 9.75. The Morgan fingerprint density at radius 2 is 1.91 bits per heavy atom. The Balaban J connectivity index is 1.54. The summed E-state index contributed by atoms with van der Waals surface area (Å²) in [6.45, 7) is 0.592. The van der Waals surface area contributed by atoms with Crippen LogP contribution >= 0.6 is 11.6 Å². The third-order valence-corrected chi connectivity index (χ3v) is 7.59. The number of fused-ring (bicyclic) bond motifs is 7. The Labute approximate surface area is 187 Å². The number of para-hydroxylation sites is 1. The van der Waals surface area contributed by atoms with Crippen LogP contribution in [-0.4, -0.2) is 40.1 Å². The number of rotatable bonds is 2. The van der Waals surface area contributed by atoms with Gasteiger partial charge in [-0.2, -0.15) is 0 Å². The third kappa shape index (κ3) is 2.14. The highest BCUT2D eigenvalue weighted by molar-refractivity contribution is 6.35. The summed E-state index contributed by atoms with van der Waals surface area (Å²) in [6, 6.07) is 10.4. The van der Waals surface area contributed by atoms with Crippen LogP contribution in [0.4, 0.5) is 17.1 Å².